The van der Waals surface area contributed by atoms with Crippen LogP contribution in [0.1, 0.15) is 11.3 Å². The van der Waals surface area contributed by atoms with Crippen LogP contribution in [0.4, 0.5) is 37.8 Å². The van der Waals surface area contributed by atoms with Gasteiger partial charge >= 0.3 is 17.5 Å². The van der Waals surface area contributed by atoms with Crippen LogP contribution in [-0.4, -0.2) is 34.2 Å². The van der Waals surface area contributed by atoms with Crippen molar-refractivity contribution >= 4 is 53.2 Å². The SMILES string of the molecule is C=[N+](c1ccc(O)c(OC)c1)c1c(SC(F)(F)F)c(C#N)nn1-c1c(Cl)cc(C(F)(F)F)cc1Cl. The van der Waals surface area contributed by atoms with Crippen molar-refractivity contribution in [2.45, 2.75) is 16.6 Å². The molecule has 0 atom stereocenters. The lowest BCUT2D eigenvalue weighted by molar-refractivity contribution is -0.137. The first-order valence-corrected chi connectivity index (χ1v) is 10.6. The zero-order valence-corrected chi connectivity index (χ0v) is 19.5. The van der Waals surface area contributed by atoms with E-state index >= 15 is 0 Å². The van der Waals surface area contributed by atoms with Crippen molar-refractivity contribution in [2.75, 3.05) is 7.11 Å². The number of methoxy groups -OCH3 is 1. The maximum atomic E-state index is 13.4. The summed E-state index contributed by atoms with van der Waals surface area (Å²) in [6.45, 7) is 3.70. The molecule has 1 N–H and O–H groups in total. The summed E-state index contributed by atoms with van der Waals surface area (Å²) in [4.78, 5) is -0.714. The lowest BCUT2D eigenvalue weighted by Crippen LogP contribution is -2.12. The molecule has 0 aliphatic carbocycles. The highest BCUT2D eigenvalue weighted by molar-refractivity contribution is 8.00. The molecule has 0 spiro atoms. The summed E-state index contributed by atoms with van der Waals surface area (Å²) in [6.07, 6.45) is -4.81. The van der Waals surface area contributed by atoms with Crippen molar-refractivity contribution in [3.8, 4) is 23.3 Å². The number of hydrogen-bond donors (Lipinski definition) is 1. The fourth-order valence-electron chi connectivity index (χ4n) is 2.96. The summed E-state index contributed by atoms with van der Waals surface area (Å²) in [5.41, 5.74) is -7.15. The van der Waals surface area contributed by atoms with Crippen molar-refractivity contribution < 1.29 is 36.2 Å². The Morgan fingerprint density at radius 3 is 2.23 bits per heavy atom. The first-order chi connectivity index (χ1) is 16.2. The number of aromatic hydroxyl groups is 1. The van der Waals surface area contributed by atoms with Crippen LogP contribution < -0.4 is 9.31 Å². The highest BCUT2D eigenvalue weighted by atomic mass is 35.5. The lowest BCUT2D eigenvalue weighted by Gasteiger charge is -2.12. The molecule has 0 fully saturated rings. The molecule has 6 nitrogen and oxygen atoms in total. The van der Waals surface area contributed by atoms with E-state index in [1.807, 2.05) is 0 Å². The molecule has 0 radical (unpaired) electrons. The monoisotopic (exact) mass is 555 g/mol. The predicted molar refractivity (Wildman–Crippen MR) is 118 cm³/mol. The molecule has 184 valence electrons. The number of nitriles is 1. The van der Waals surface area contributed by atoms with Gasteiger partial charge < -0.3 is 9.84 Å². The van der Waals surface area contributed by atoms with Crippen LogP contribution in [0.5, 0.6) is 11.5 Å². The van der Waals surface area contributed by atoms with Gasteiger partial charge in [0.1, 0.15) is 16.7 Å². The van der Waals surface area contributed by atoms with E-state index < -0.39 is 61.1 Å². The van der Waals surface area contributed by atoms with Crippen LogP contribution in [0, 0.1) is 11.3 Å². The minimum absolute atomic E-state index is 0.0571. The topological polar surface area (TPSA) is 74.1 Å². The van der Waals surface area contributed by atoms with E-state index in [-0.39, 0.29) is 17.2 Å². The van der Waals surface area contributed by atoms with E-state index in [4.69, 9.17) is 27.9 Å². The average molecular weight is 556 g/mol. The highest BCUT2D eigenvalue weighted by Gasteiger charge is 2.41. The van der Waals surface area contributed by atoms with Crippen LogP contribution in [0.3, 0.4) is 0 Å². The number of rotatable bonds is 5. The Morgan fingerprint density at radius 2 is 1.74 bits per heavy atom. The van der Waals surface area contributed by atoms with Crippen LogP contribution >= 0.6 is 35.0 Å². The number of ether oxygens (including phenoxy) is 1. The maximum absolute atomic E-state index is 13.4. The molecule has 1 heterocycles. The third-order valence-electron chi connectivity index (χ3n) is 4.43. The molecule has 0 saturated heterocycles. The summed E-state index contributed by atoms with van der Waals surface area (Å²) in [7, 11) is 1.23. The Bertz CT molecular complexity index is 1340. The number of halogens is 8. The number of phenols is 1. The smallest absolute Gasteiger partial charge is 0.446 e. The molecule has 0 aliphatic rings. The number of phenolic OH excluding ortho intramolecular Hbond substituents is 1. The Balaban J connectivity index is 2.36. The molecule has 0 saturated carbocycles. The van der Waals surface area contributed by atoms with E-state index in [1.54, 1.807) is 0 Å². The normalized spacial score (nSPS) is 11.9. The first kappa shape index (κ1) is 26.5. The zero-order valence-electron chi connectivity index (χ0n) is 17.2. The fourth-order valence-corrected chi connectivity index (χ4v) is 4.31. The van der Waals surface area contributed by atoms with Crippen molar-refractivity contribution in [2.24, 2.45) is 0 Å². The van der Waals surface area contributed by atoms with E-state index in [0.29, 0.717) is 16.8 Å². The Kier molecular flexibility index (Phi) is 7.21. The number of benzene rings is 2. The van der Waals surface area contributed by atoms with Crippen molar-refractivity contribution in [1.29, 1.82) is 5.26 Å². The first-order valence-electron chi connectivity index (χ1n) is 9.01. The van der Waals surface area contributed by atoms with E-state index in [1.165, 1.54) is 31.4 Å². The van der Waals surface area contributed by atoms with Crippen LogP contribution in [0.2, 0.25) is 10.0 Å². The number of alkyl halides is 6. The summed E-state index contributed by atoms with van der Waals surface area (Å²) >= 11 is 11.4. The highest BCUT2D eigenvalue weighted by Crippen LogP contribution is 2.47. The minimum Gasteiger partial charge on any atom is -0.504 e. The van der Waals surface area contributed by atoms with Crippen molar-refractivity contribution in [3.05, 3.63) is 51.6 Å². The van der Waals surface area contributed by atoms with Gasteiger partial charge in [0, 0.05) is 6.07 Å². The minimum atomic E-state index is -4.88. The molecule has 0 amide bonds. The second kappa shape index (κ2) is 9.52. The summed E-state index contributed by atoms with van der Waals surface area (Å²) in [5, 5.41) is 21.9. The molecular weight excluding hydrogens is 545 g/mol. The fraction of sp³-hybridized carbons (Fsp3) is 0.150. The molecule has 3 aromatic rings. The molecule has 15 heteroatoms. The molecule has 1 aromatic heterocycles. The second-order valence-electron chi connectivity index (χ2n) is 6.64. The van der Waals surface area contributed by atoms with Gasteiger partial charge in [0.15, 0.2) is 17.2 Å². The van der Waals surface area contributed by atoms with E-state index in [9.17, 15) is 36.7 Å². The maximum Gasteiger partial charge on any atom is 0.446 e. The number of aromatic nitrogens is 2. The van der Waals surface area contributed by atoms with Crippen LogP contribution in [0.15, 0.2) is 35.2 Å². The standard InChI is InChI=1S/C20H10Cl2F6N4O2S/c1-31(10-3-4-14(33)15(7-10)34-2)18-17(35-20(26,27)28)13(8-29)30-32(18)16-11(21)5-9(6-12(16)22)19(23,24)25/h3-7H,1H2,2H3/p+1. The quantitative estimate of drug-likeness (QED) is 0.160. The van der Waals surface area contributed by atoms with Gasteiger partial charge in [-0.1, -0.05) is 33.0 Å². The molecule has 35 heavy (non-hydrogen) atoms. The molecular formula is C20H11Cl2F6N4O2S+. The number of thioether (sulfide) groups is 1. The third kappa shape index (κ3) is 5.44. The van der Waals surface area contributed by atoms with Gasteiger partial charge in [0.05, 0.1) is 29.4 Å². The molecule has 0 aliphatic heterocycles. The summed E-state index contributed by atoms with van der Waals surface area (Å²) < 4.78 is 86.2. The molecule has 2 aromatic carbocycles. The van der Waals surface area contributed by atoms with Gasteiger partial charge in [-0.15, -0.1) is 0 Å². The van der Waals surface area contributed by atoms with Crippen LogP contribution in [-0.2, 0) is 6.18 Å². The molecule has 0 bridgehead atoms. The van der Waals surface area contributed by atoms with E-state index in [0.717, 1.165) is 4.58 Å². The van der Waals surface area contributed by atoms with E-state index in [2.05, 4.69) is 11.8 Å². The molecule has 0 unspecified atom stereocenters. The van der Waals surface area contributed by atoms with Crippen molar-refractivity contribution in [3.63, 3.8) is 0 Å². The van der Waals surface area contributed by atoms with Crippen LogP contribution in [0.25, 0.3) is 5.69 Å². The largest absolute Gasteiger partial charge is 0.504 e. The predicted octanol–water partition coefficient (Wildman–Crippen LogP) is 6.93. The third-order valence-corrected chi connectivity index (χ3v) is 5.82. The molecule has 3 rings (SSSR count). The van der Waals surface area contributed by atoms with Crippen molar-refractivity contribution in [1.82, 2.24) is 14.4 Å². The Labute approximate surface area is 207 Å². The zero-order chi connectivity index (χ0) is 26.3. The lowest BCUT2D eigenvalue weighted by atomic mass is 10.2. The second-order valence-corrected chi connectivity index (χ2v) is 8.53. The van der Waals surface area contributed by atoms with Gasteiger partial charge in [-0.2, -0.15) is 31.6 Å². The van der Waals surface area contributed by atoms with Gasteiger partial charge in [-0.25, -0.2) is 4.58 Å². The Hall–Kier alpha value is -3.08. The average Bonchev–Trinajstić information content (AvgIpc) is 3.08. The van der Waals surface area contributed by atoms with Gasteiger partial charge in [0.2, 0.25) is 5.69 Å². The van der Waals surface area contributed by atoms with Gasteiger partial charge in [0.25, 0.3) is 0 Å². The summed E-state index contributed by atoms with van der Waals surface area (Å²) in [6, 6.07) is 6.24. The summed E-state index contributed by atoms with van der Waals surface area (Å²) in [5.74, 6) is -0.826. The number of nitrogens with zero attached hydrogens (tertiary/aromatic N) is 4. The Morgan fingerprint density at radius 1 is 1.14 bits per heavy atom. The van der Waals surface area contributed by atoms with Gasteiger partial charge in [-0.05, 0) is 36.0 Å². The number of hydrogen-bond acceptors (Lipinski definition) is 5. The van der Waals surface area contributed by atoms with Gasteiger partial charge in [-0.3, -0.25) is 0 Å².